The van der Waals surface area contributed by atoms with Crippen molar-refractivity contribution >= 4 is 10.0 Å². The highest BCUT2D eigenvalue weighted by molar-refractivity contribution is 7.90. The molecule has 2 fully saturated rings. The van der Waals surface area contributed by atoms with E-state index in [1.165, 1.54) is 6.42 Å². The summed E-state index contributed by atoms with van der Waals surface area (Å²) >= 11 is 0. The molecule has 2 saturated heterocycles. The summed E-state index contributed by atoms with van der Waals surface area (Å²) in [5.74, 6) is 0.410. The molecule has 0 bridgehead atoms. The van der Waals surface area contributed by atoms with Crippen LogP contribution >= 0.6 is 0 Å². The number of fused-ring (bicyclic) bond motifs is 1. The summed E-state index contributed by atoms with van der Waals surface area (Å²) in [6.07, 6.45) is 3.34. The Bertz CT molecular complexity index is 234. The molecular weight excluding hydrogens is 150 g/mol. The molecule has 0 aromatic rings. The Morgan fingerprint density at radius 2 is 2.10 bits per heavy atom. The van der Waals surface area contributed by atoms with Gasteiger partial charge < -0.3 is 0 Å². The lowest BCUT2D eigenvalue weighted by Gasteiger charge is -2.42. The van der Waals surface area contributed by atoms with E-state index in [2.05, 4.69) is 0 Å². The first-order valence-electron chi connectivity index (χ1n) is 3.70. The highest BCUT2D eigenvalue weighted by Crippen LogP contribution is 2.29. The summed E-state index contributed by atoms with van der Waals surface area (Å²) in [7, 11) is -2.75. The maximum Gasteiger partial charge on any atom is 0.215 e. The Balaban J connectivity index is 2.15. The minimum absolute atomic E-state index is 0.374. The molecule has 1 atom stereocenters. The van der Waals surface area contributed by atoms with Gasteiger partial charge in [-0.05, 0) is 12.8 Å². The average Bonchev–Trinajstić information content (AvgIpc) is 1.86. The highest BCUT2D eigenvalue weighted by atomic mass is 32.2. The van der Waals surface area contributed by atoms with Gasteiger partial charge in [-0.1, -0.05) is 6.42 Å². The van der Waals surface area contributed by atoms with Crippen molar-refractivity contribution < 1.29 is 8.42 Å². The van der Waals surface area contributed by atoms with Crippen LogP contribution in [-0.2, 0) is 10.0 Å². The molecule has 0 spiro atoms. The van der Waals surface area contributed by atoms with Gasteiger partial charge in [-0.15, -0.1) is 0 Å². The summed E-state index contributed by atoms with van der Waals surface area (Å²) in [6.45, 7) is 0.771. The standard InChI is InChI=1S/C6H11NO2S/c8-10(9)5-6-3-1-2-4-7(6)10/h6H,1-5H2/t6-/m1/s1. The van der Waals surface area contributed by atoms with E-state index < -0.39 is 10.0 Å². The molecule has 0 aromatic heterocycles. The largest absolute Gasteiger partial charge is 0.215 e. The zero-order chi connectivity index (χ0) is 7.19. The first kappa shape index (κ1) is 6.61. The third-order valence-electron chi connectivity index (χ3n) is 2.33. The SMILES string of the molecule is O=S1(=O)C[C@H]2CCCCN21. The zero-order valence-corrected chi connectivity index (χ0v) is 6.60. The number of piperidine rings is 1. The Morgan fingerprint density at radius 1 is 1.30 bits per heavy atom. The van der Waals surface area contributed by atoms with Crippen LogP contribution in [0.2, 0.25) is 0 Å². The predicted octanol–water partition coefficient (Wildman–Crippen LogP) is 0.184. The fraction of sp³-hybridized carbons (Fsp3) is 1.00. The maximum atomic E-state index is 11.0. The van der Waals surface area contributed by atoms with E-state index in [4.69, 9.17) is 0 Å². The van der Waals surface area contributed by atoms with Crippen molar-refractivity contribution in [1.82, 2.24) is 4.31 Å². The highest BCUT2D eigenvalue weighted by Gasteiger charge is 2.43. The molecule has 0 radical (unpaired) electrons. The van der Waals surface area contributed by atoms with E-state index in [-0.39, 0.29) is 0 Å². The van der Waals surface area contributed by atoms with Crippen LogP contribution in [-0.4, -0.2) is 31.1 Å². The molecule has 0 saturated carbocycles. The molecule has 0 aromatic carbocycles. The lowest BCUT2D eigenvalue weighted by atomic mass is 10.1. The van der Waals surface area contributed by atoms with Gasteiger partial charge in [-0.25, -0.2) is 8.42 Å². The number of hydrogen-bond donors (Lipinski definition) is 0. The van der Waals surface area contributed by atoms with Crippen LogP contribution in [0.1, 0.15) is 19.3 Å². The van der Waals surface area contributed by atoms with E-state index in [9.17, 15) is 8.42 Å². The first-order valence-corrected chi connectivity index (χ1v) is 5.30. The first-order chi connectivity index (χ1) is 4.70. The van der Waals surface area contributed by atoms with Crippen LogP contribution in [0.15, 0.2) is 0 Å². The van der Waals surface area contributed by atoms with Crippen LogP contribution in [0.3, 0.4) is 0 Å². The van der Waals surface area contributed by atoms with E-state index in [0.717, 1.165) is 19.4 Å². The van der Waals surface area contributed by atoms with Gasteiger partial charge in [-0.3, -0.25) is 0 Å². The third-order valence-corrected chi connectivity index (χ3v) is 4.33. The van der Waals surface area contributed by atoms with Crippen LogP contribution in [0.5, 0.6) is 0 Å². The van der Waals surface area contributed by atoms with E-state index in [1.807, 2.05) is 0 Å². The van der Waals surface area contributed by atoms with Gasteiger partial charge in [0.15, 0.2) is 0 Å². The molecule has 2 rings (SSSR count). The number of nitrogens with zero attached hydrogens (tertiary/aromatic N) is 1. The molecule has 3 nitrogen and oxygen atoms in total. The number of hydrogen-bond acceptors (Lipinski definition) is 2. The Morgan fingerprint density at radius 3 is 2.60 bits per heavy atom. The second kappa shape index (κ2) is 1.95. The number of rotatable bonds is 0. The third kappa shape index (κ3) is 0.787. The molecule has 2 aliphatic rings. The molecule has 2 heterocycles. The van der Waals surface area contributed by atoms with Gasteiger partial charge in [0.05, 0.1) is 5.75 Å². The summed E-state index contributed by atoms with van der Waals surface area (Å²) in [5, 5.41) is 0. The van der Waals surface area contributed by atoms with Gasteiger partial charge in [-0.2, -0.15) is 4.31 Å². The van der Waals surface area contributed by atoms with Gasteiger partial charge in [0.2, 0.25) is 10.0 Å². The quantitative estimate of drug-likeness (QED) is 0.508. The van der Waals surface area contributed by atoms with Crippen LogP contribution in [0.25, 0.3) is 0 Å². The van der Waals surface area contributed by atoms with Crippen molar-refractivity contribution in [3.8, 4) is 0 Å². The minimum atomic E-state index is -2.75. The zero-order valence-electron chi connectivity index (χ0n) is 5.78. The van der Waals surface area contributed by atoms with Crippen molar-refractivity contribution in [2.75, 3.05) is 12.3 Å². The Hall–Kier alpha value is -0.0900. The molecule has 0 N–H and O–H groups in total. The van der Waals surface area contributed by atoms with Crippen molar-refractivity contribution in [1.29, 1.82) is 0 Å². The fourth-order valence-electron chi connectivity index (χ4n) is 1.76. The van der Waals surface area contributed by atoms with Crippen LogP contribution in [0.4, 0.5) is 0 Å². The summed E-state index contributed by atoms with van der Waals surface area (Å²) in [4.78, 5) is 0. The van der Waals surface area contributed by atoms with Crippen LogP contribution < -0.4 is 0 Å². The van der Waals surface area contributed by atoms with Gasteiger partial charge >= 0.3 is 0 Å². The van der Waals surface area contributed by atoms with Crippen molar-refractivity contribution in [2.45, 2.75) is 25.3 Å². The van der Waals surface area contributed by atoms with E-state index in [0.29, 0.717) is 11.8 Å². The van der Waals surface area contributed by atoms with E-state index >= 15 is 0 Å². The smallest absolute Gasteiger partial charge is 0.212 e. The molecule has 10 heavy (non-hydrogen) atoms. The fourth-order valence-corrected chi connectivity index (χ4v) is 3.57. The van der Waals surface area contributed by atoms with Crippen molar-refractivity contribution in [3.63, 3.8) is 0 Å². The van der Waals surface area contributed by atoms with Gasteiger partial charge in [0.25, 0.3) is 0 Å². The summed E-state index contributed by atoms with van der Waals surface area (Å²) in [5.41, 5.74) is 0. The van der Waals surface area contributed by atoms with E-state index in [1.54, 1.807) is 4.31 Å². The average molecular weight is 161 g/mol. The topological polar surface area (TPSA) is 37.4 Å². The monoisotopic (exact) mass is 161 g/mol. The second-order valence-corrected chi connectivity index (χ2v) is 5.01. The summed E-state index contributed by atoms with van der Waals surface area (Å²) in [6, 6.07) is 0.374. The number of sulfonamides is 1. The molecule has 58 valence electrons. The minimum Gasteiger partial charge on any atom is -0.212 e. The lowest BCUT2D eigenvalue weighted by molar-refractivity contribution is 0.230. The van der Waals surface area contributed by atoms with Gasteiger partial charge in [0, 0.05) is 12.6 Å². The predicted molar refractivity (Wildman–Crippen MR) is 38.1 cm³/mol. The maximum absolute atomic E-state index is 11.0. The van der Waals surface area contributed by atoms with Crippen molar-refractivity contribution in [3.05, 3.63) is 0 Å². The molecule has 0 aliphatic carbocycles. The molecular formula is C6H11NO2S. The lowest BCUT2D eigenvalue weighted by Crippen LogP contribution is -2.58. The molecule has 0 unspecified atom stereocenters. The van der Waals surface area contributed by atoms with Crippen LogP contribution in [0, 0.1) is 0 Å². The summed E-state index contributed by atoms with van der Waals surface area (Å²) < 4.78 is 23.6. The molecule has 4 heteroatoms. The normalized spacial score (nSPS) is 38.2. The molecule has 0 amide bonds. The van der Waals surface area contributed by atoms with Crippen molar-refractivity contribution in [2.24, 2.45) is 0 Å². The molecule has 2 aliphatic heterocycles. The Labute approximate surface area is 61.1 Å². The Kier molecular flexibility index (Phi) is 1.29. The van der Waals surface area contributed by atoms with Gasteiger partial charge in [0.1, 0.15) is 0 Å². The second-order valence-electron chi connectivity index (χ2n) is 3.04.